The highest BCUT2D eigenvalue weighted by molar-refractivity contribution is 6.00. The van der Waals surface area contributed by atoms with Crippen molar-refractivity contribution >= 4 is 16.9 Å². The largest absolute Gasteiger partial charge is 0.497 e. The zero-order valence-corrected chi connectivity index (χ0v) is 10.8. The Kier molecular flexibility index (Phi) is 2.90. The Bertz CT molecular complexity index is 628. The van der Waals surface area contributed by atoms with Crippen molar-refractivity contribution in [2.75, 3.05) is 14.2 Å². The molecule has 2 aromatic rings. The van der Waals surface area contributed by atoms with E-state index in [1.807, 2.05) is 6.07 Å². The Balaban J connectivity index is 2.92. The average molecular weight is 249 g/mol. The van der Waals surface area contributed by atoms with Crippen LogP contribution in [0.25, 0.3) is 10.9 Å². The fourth-order valence-electron chi connectivity index (χ4n) is 2.28. The normalized spacial score (nSPS) is 10.7. The Labute approximate surface area is 105 Å². The van der Waals surface area contributed by atoms with Crippen LogP contribution in [-0.4, -0.2) is 29.9 Å². The van der Waals surface area contributed by atoms with Crippen LogP contribution < -0.4 is 9.47 Å². The smallest absolute Gasteiger partial charge is 0.352 e. The minimum atomic E-state index is -0.952. The first-order valence-electron chi connectivity index (χ1n) is 5.45. The molecule has 0 aliphatic carbocycles. The van der Waals surface area contributed by atoms with Crippen LogP contribution in [0.4, 0.5) is 0 Å². The third kappa shape index (κ3) is 1.59. The van der Waals surface area contributed by atoms with Crippen molar-refractivity contribution in [2.24, 2.45) is 7.05 Å². The molecule has 0 aliphatic heterocycles. The summed E-state index contributed by atoms with van der Waals surface area (Å²) < 4.78 is 12.1. The van der Waals surface area contributed by atoms with Crippen molar-refractivity contribution in [3.63, 3.8) is 0 Å². The number of hydrogen-bond acceptors (Lipinski definition) is 3. The van der Waals surface area contributed by atoms with E-state index in [4.69, 9.17) is 9.47 Å². The molecule has 0 fully saturated rings. The number of aryl methyl sites for hydroxylation is 2. The number of fused-ring (bicyclic) bond motifs is 1. The third-order valence-corrected chi connectivity index (χ3v) is 3.14. The molecular weight excluding hydrogens is 234 g/mol. The summed E-state index contributed by atoms with van der Waals surface area (Å²) in [5.74, 6) is 0.291. The number of benzene rings is 1. The topological polar surface area (TPSA) is 60.7 Å². The van der Waals surface area contributed by atoms with Crippen LogP contribution in [0.5, 0.6) is 11.5 Å². The quantitative estimate of drug-likeness (QED) is 0.905. The second-order valence-electron chi connectivity index (χ2n) is 4.06. The number of carbonyl (C=O) groups is 1. The second-order valence-corrected chi connectivity index (χ2v) is 4.06. The van der Waals surface area contributed by atoms with Gasteiger partial charge < -0.3 is 19.1 Å². The number of nitrogens with zero attached hydrogens (tertiary/aromatic N) is 1. The summed E-state index contributed by atoms with van der Waals surface area (Å²) in [5, 5.41) is 10.1. The fraction of sp³-hybridized carbons (Fsp3) is 0.308. The van der Waals surface area contributed by atoms with E-state index in [-0.39, 0.29) is 5.69 Å². The number of carboxylic acids is 1. The molecular formula is C13H15NO4. The molecule has 1 heterocycles. The molecule has 5 heteroatoms. The number of ether oxygens (including phenoxy) is 2. The van der Waals surface area contributed by atoms with Crippen LogP contribution in [0.2, 0.25) is 0 Å². The molecule has 0 saturated heterocycles. The Morgan fingerprint density at radius 2 is 1.94 bits per heavy atom. The van der Waals surface area contributed by atoms with Crippen LogP contribution in [0.1, 0.15) is 16.1 Å². The van der Waals surface area contributed by atoms with Gasteiger partial charge in [-0.15, -0.1) is 0 Å². The van der Waals surface area contributed by atoms with Crippen molar-refractivity contribution in [3.05, 3.63) is 23.4 Å². The molecule has 0 atom stereocenters. The average Bonchev–Trinajstić information content (AvgIpc) is 2.60. The van der Waals surface area contributed by atoms with E-state index in [1.165, 1.54) is 0 Å². The van der Waals surface area contributed by atoms with Crippen LogP contribution in [0.3, 0.4) is 0 Å². The first-order valence-corrected chi connectivity index (χ1v) is 5.45. The van der Waals surface area contributed by atoms with Crippen molar-refractivity contribution in [1.82, 2.24) is 4.57 Å². The molecule has 0 amide bonds. The number of aromatic carboxylic acids is 1. The van der Waals surface area contributed by atoms with Crippen molar-refractivity contribution in [2.45, 2.75) is 6.92 Å². The molecule has 0 radical (unpaired) electrons. The van der Waals surface area contributed by atoms with Crippen LogP contribution in [0.15, 0.2) is 12.1 Å². The minimum Gasteiger partial charge on any atom is -0.497 e. The molecule has 2 rings (SSSR count). The number of aromatic nitrogens is 1. The molecule has 0 saturated carbocycles. The molecule has 1 aromatic carbocycles. The molecule has 0 spiro atoms. The first-order chi connectivity index (χ1) is 8.51. The van der Waals surface area contributed by atoms with Gasteiger partial charge in [0, 0.05) is 18.5 Å². The van der Waals surface area contributed by atoms with Crippen molar-refractivity contribution in [3.8, 4) is 11.5 Å². The molecule has 1 N–H and O–H groups in total. The summed E-state index contributed by atoms with van der Waals surface area (Å²) in [6, 6.07) is 3.56. The van der Waals surface area contributed by atoms with E-state index in [0.29, 0.717) is 17.1 Å². The predicted octanol–water partition coefficient (Wildman–Crippen LogP) is 2.20. The summed E-state index contributed by atoms with van der Waals surface area (Å²) in [4.78, 5) is 11.3. The van der Waals surface area contributed by atoms with Gasteiger partial charge in [-0.05, 0) is 18.6 Å². The fourth-order valence-corrected chi connectivity index (χ4v) is 2.28. The number of carboxylic acid groups (broad SMARTS) is 1. The van der Waals surface area contributed by atoms with Gasteiger partial charge in [0.25, 0.3) is 0 Å². The standard InChI is InChI=1S/C13H15NO4/c1-7-9-5-8(17-3)6-10(18-4)12(9)14(2)11(7)13(15)16/h5-6H,1-4H3,(H,15,16). The molecule has 0 aliphatic rings. The third-order valence-electron chi connectivity index (χ3n) is 3.14. The summed E-state index contributed by atoms with van der Waals surface area (Å²) in [6.07, 6.45) is 0. The van der Waals surface area contributed by atoms with Crippen LogP contribution in [0, 0.1) is 6.92 Å². The summed E-state index contributed by atoms with van der Waals surface area (Å²) in [5.41, 5.74) is 1.72. The van der Waals surface area contributed by atoms with Gasteiger partial charge in [0.1, 0.15) is 17.2 Å². The van der Waals surface area contributed by atoms with Gasteiger partial charge in [0.15, 0.2) is 0 Å². The van der Waals surface area contributed by atoms with Crippen molar-refractivity contribution < 1.29 is 19.4 Å². The monoisotopic (exact) mass is 249 g/mol. The molecule has 0 unspecified atom stereocenters. The van der Waals surface area contributed by atoms with E-state index in [9.17, 15) is 9.90 Å². The SMILES string of the molecule is COc1cc(OC)c2c(c1)c(C)c(C(=O)O)n2C. The Morgan fingerprint density at radius 1 is 1.28 bits per heavy atom. The van der Waals surface area contributed by atoms with Gasteiger partial charge in [-0.25, -0.2) is 4.79 Å². The van der Waals surface area contributed by atoms with E-state index in [1.54, 1.807) is 38.8 Å². The molecule has 0 bridgehead atoms. The second kappa shape index (κ2) is 4.25. The maximum atomic E-state index is 11.3. The Morgan fingerprint density at radius 3 is 2.44 bits per heavy atom. The lowest BCUT2D eigenvalue weighted by atomic mass is 10.1. The molecule has 96 valence electrons. The summed E-state index contributed by atoms with van der Waals surface area (Å²) in [7, 11) is 4.84. The Hall–Kier alpha value is -2.17. The summed E-state index contributed by atoms with van der Waals surface area (Å²) >= 11 is 0. The molecule has 5 nitrogen and oxygen atoms in total. The maximum Gasteiger partial charge on any atom is 0.352 e. The first kappa shape index (κ1) is 12.3. The molecule has 1 aromatic heterocycles. The van der Waals surface area contributed by atoms with Gasteiger partial charge in [0.2, 0.25) is 0 Å². The highest BCUT2D eigenvalue weighted by Crippen LogP contribution is 2.35. The molecule has 18 heavy (non-hydrogen) atoms. The lowest BCUT2D eigenvalue weighted by Gasteiger charge is -2.08. The van der Waals surface area contributed by atoms with Gasteiger partial charge in [-0.3, -0.25) is 0 Å². The number of hydrogen-bond donors (Lipinski definition) is 1. The van der Waals surface area contributed by atoms with Gasteiger partial charge >= 0.3 is 5.97 Å². The highest BCUT2D eigenvalue weighted by Gasteiger charge is 2.20. The number of methoxy groups -OCH3 is 2. The van der Waals surface area contributed by atoms with E-state index >= 15 is 0 Å². The van der Waals surface area contributed by atoms with E-state index in [2.05, 4.69) is 0 Å². The highest BCUT2D eigenvalue weighted by atomic mass is 16.5. The lowest BCUT2D eigenvalue weighted by molar-refractivity contribution is 0.0686. The van der Waals surface area contributed by atoms with Gasteiger partial charge in [-0.1, -0.05) is 0 Å². The van der Waals surface area contributed by atoms with Crippen LogP contribution >= 0.6 is 0 Å². The van der Waals surface area contributed by atoms with E-state index < -0.39 is 5.97 Å². The zero-order chi connectivity index (χ0) is 13.4. The van der Waals surface area contributed by atoms with Gasteiger partial charge in [-0.2, -0.15) is 0 Å². The van der Waals surface area contributed by atoms with E-state index in [0.717, 1.165) is 10.9 Å². The van der Waals surface area contributed by atoms with Gasteiger partial charge in [0.05, 0.1) is 19.7 Å². The summed E-state index contributed by atoms with van der Waals surface area (Å²) in [6.45, 7) is 1.78. The lowest BCUT2D eigenvalue weighted by Crippen LogP contribution is -2.06. The maximum absolute atomic E-state index is 11.3. The minimum absolute atomic E-state index is 0.261. The van der Waals surface area contributed by atoms with Crippen molar-refractivity contribution in [1.29, 1.82) is 0 Å². The predicted molar refractivity (Wildman–Crippen MR) is 67.7 cm³/mol. The zero-order valence-electron chi connectivity index (χ0n) is 10.8. The number of rotatable bonds is 3. The van der Waals surface area contributed by atoms with Crippen LogP contribution in [-0.2, 0) is 7.05 Å².